The minimum Gasteiger partial charge on any atom is -0.262 e. The van der Waals surface area contributed by atoms with Crippen LogP contribution >= 0.6 is 9.24 Å². The van der Waals surface area contributed by atoms with Crippen LogP contribution in [0.4, 0.5) is 4.39 Å². The molecule has 1 rings (SSSR count). The van der Waals surface area contributed by atoms with Crippen LogP contribution in [0.5, 0.6) is 0 Å². The zero-order valence-electron chi connectivity index (χ0n) is 15.7. The third kappa shape index (κ3) is 5.24. The van der Waals surface area contributed by atoms with Crippen LogP contribution in [0.15, 0.2) is 47.1 Å². The molecule has 0 bridgehead atoms. The molecule has 0 spiro atoms. The molecule has 1 nitrogen and oxygen atoms in total. The van der Waals surface area contributed by atoms with Gasteiger partial charge in [-0.1, -0.05) is 44.2 Å². The van der Waals surface area contributed by atoms with Crippen molar-refractivity contribution in [1.82, 2.24) is 0 Å². The van der Waals surface area contributed by atoms with Crippen LogP contribution in [0.2, 0.25) is 0 Å². The van der Waals surface area contributed by atoms with Crippen LogP contribution in [-0.2, 0) is 0 Å². The lowest BCUT2D eigenvalue weighted by atomic mass is 9.95. The summed E-state index contributed by atoms with van der Waals surface area (Å²) in [7, 11) is 2.57. The van der Waals surface area contributed by atoms with E-state index in [9.17, 15) is 4.39 Å². The molecule has 0 heterocycles. The number of aliphatic imine (C=N–C) groups is 1. The minimum atomic E-state index is -0.142. The molecule has 0 aliphatic heterocycles. The molecule has 0 fully saturated rings. The Morgan fingerprint density at radius 3 is 2.50 bits per heavy atom. The number of benzene rings is 1. The normalized spacial score (nSPS) is 15.2. The van der Waals surface area contributed by atoms with Crippen molar-refractivity contribution in [1.29, 1.82) is 0 Å². The predicted octanol–water partition coefficient (Wildman–Crippen LogP) is 6.18. The lowest BCUT2D eigenvalue weighted by molar-refractivity contribution is 0.626. The van der Waals surface area contributed by atoms with Crippen LogP contribution in [-0.4, -0.2) is 5.71 Å². The Kier molecular flexibility index (Phi) is 8.28. The van der Waals surface area contributed by atoms with Gasteiger partial charge in [-0.15, -0.1) is 9.24 Å². The summed E-state index contributed by atoms with van der Waals surface area (Å²) in [5, 5.41) is 0.682. The summed E-state index contributed by atoms with van der Waals surface area (Å²) in [5.41, 5.74) is 4.65. The van der Waals surface area contributed by atoms with E-state index in [1.54, 1.807) is 6.20 Å². The topological polar surface area (TPSA) is 12.4 Å². The molecule has 2 atom stereocenters. The lowest BCUT2D eigenvalue weighted by Gasteiger charge is -2.15. The first kappa shape index (κ1) is 20.5. The number of halogens is 1. The van der Waals surface area contributed by atoms with Crippen LogP contribution in [0.25, 0.3) is 5.57 Å². The predicted molar refractivity (Wildman–Crippen MR) is 110 cm³/mol. The minimum absolute atomic E-state index is 0.142. The van der Waals surface area contributed by atoms with Crippen LogP contribution in [0.3, 0.4) is 0 Å². The molecule has 0 aliphatic carbocycles. The summed E-state index contributed by atoms with van der Waals surface area (Å²) in [6.07, 6.45) is 8.61. The van der Waals surface area contributed by atoms with Gasteiger partial charge in [-0.2, -0.15) is 0 Å². The molecule has 130 valence electrons. The maximum Gasteiger partial charge on any atom is 0.138 e. The second kappa shape index (κ2) is 9.69. The maximum absolute atomic E-state index is 14.7. The summed E-state index contributed by atoms with van der Waals surface area (Å²) >= 11 is 0. The van der Waals surface area contributed by atoms with Crippen LogP contribution in [0, 0.1) is 5.82 Å². The van der Waals surface area contributed by atoms with E-state index in [4.69, 9.17) is 0 Å². The van der Waals surface area contributed by atoms with E-state index >= 15 is 0 Å². The van der Waals surface area contributed by atoms with Gasteiger partial charge >= 0.3 is 0 Å². The second-order valence-corrected chi connectivity index (χ2v) is 6.71. The van der Waals surface area contributed by atoms with E-state index in [0.717, 1.165) is 28.8 Å². The van der Waals surface area contributed by atoms with Crippen molar-refractivity contribution < 1.29 is 4.39 Å². The Labute approximate surface area is 148 Å². The highest BCUT2D eigenvalue weighted by atomic mass is 31.0. The van der Waals surface area contributed by atoms with Crippen molar-refractivity contribution in [2.24, 2.45) is 4.99 Å². The molecule has 3 heteroatoms. The van der Waals surface area contributed by atoms with Gasteiger partial charge in [0, 0.05) is 22.8 Å². The number of rotatable bonds is 6. The standard InChI is InChI=1S/C21H29FNP/c1-7-13-23-17(6)15(4)9-10-16(5)18-11-12-19(14(3)8-2)21(24)20(18)22/h7,9-14H,8,24H2,1-6H3/b13-7-,15-9+,16-10+,23-17+. The highest BCUT2D eigenvalue weighted by Gasteiger charge is 2.14. The van der Waals surface area contributed by atoms with Gasteiger partial charge in [0.25, 0.3) is 0 Å². The van der Waals surface area contributed by atoms with Crippen LogP contribution < -0.4 is 5.30 Å². The van der Waals surface area contributed by atoms with E-state index in [-0.39, 0.29) is 5.82 Å². The molecule has 0 N–H and O–H groups in total. The smallest absolute Gasteiger partial charge is 0.138 e. The van der Waals surface area contributed by atoms with Crippen molar-refractivity contribution >= 4 is 25.8 Å². The molecule has 0 saturated carbocycles. The number of allylic oxidation sites excluding steroid dienone is 5. The average Bonchev–Trinajstić information content (AvgIpc) is 2.58. The Morgan fingerprint density at radius 2 is 1.92 bits per heavy atom. The summed E-state index contributed by atoms with van der Waals surface area (Å²) in [5.74, 6) is 0.217. The Hall–Kier alpha value is -1.53. The fraction of sp³-hybridized carbons (Fsp3) is 0.381. The molecular formula is C21H29FNP. The summed E-state index contributed by atoms with van der Waals surface area (Å²) in [6, 6.07) is 3.93. The van der Waals surface area contributed by atoms with Crippen molar-refractivity contribution in [3.8, 4) is 0 Å². The summed E-state index contributed by atoms with van der Waals surface area (Å²) in [4.78, 5) is 4.33. The van der Waals surface area contributed by atoms with E-state index in [1.165, 1.54) is 0 Å². The second-order valence-electron chi connectivity index (χ2n) is 6.14. The maximum atomic E-state index is 14.7. The van der Waals surface area contributed by atoms with Gasteiger partial charge in [0.15, 0.2) is 0 Å². The number of hydrogen-bond acceptors (Lipinski definition) is 1. The monoisotopic (exact) mass is 345 g/mol. The van der Waals surface area contributed by atoms with Gasteiger partial charge in [0.2, 0.25) is 0 Å². The molecule has 1 aromatic carbocycles. The molecule has 2 unspecified atom stereocenters. The van der Waals surface area contributed by atoms with E-state index < -0.39 is 0 Å². The largest absolute Gasteiger partial charge is 0.262 e. The van der Waals surface area contributed by atoms with Gasteiger partial charge in [0.05, 0.1) is 0 Å². The quantitative estimate of drug-likeness (QED) is 0.331. The van der Waals surface area contributed by atoms with Gasteiger partial charge in [-0.3, -0.25) is 4.99 Å². The molecular weight excluding hydrogens is 316 g/mol. The van der Waals surface area contributed by atoms with Gasteiger partial charge in [-0.25, -0.2) is 4.39 Å². The molecule has 0 aliphatic rings. The molecule has 0 aromatic heterocycles. The Morgan fingerprint density at radius 1 is 1.25 bits per heavy atom. The molecule has 24 heavy (non-hydrogen) atoms. The third-order valence-electron chi connectivity index (χ3n) is 4.35. The number of hydrogen-bond donors (Lipinski definition) is 0. The number of nitrogens with zero attached hydrogens (tertiary/aromatic N) is 1. The van der Waals surface area contributed by atoms with E-state index in [0.29, 0.717) is 16.8 Å². The molecule has 1 aromatic rings. The molecule has 0 saturated heterocycles. The van der Waals surface area contributed by atoms with E-state index in [2.05, 4.69) is 28.1 Å². The highest BCUT2D eigenvalue weighted by molar-refractivity contribution is 7.27. The van der Waals surface area contributed by atoms with Gasteiger partial charge in [0.1, 0.15) is 5.82 Å². The van der Waals surface area contributed by atoms with E-state index in [1.807, 2.05) is 58.1 Å². The summed E-state index contributed by atoms with van der Waals surface area (Å²) in [6.45, 7) is 12.1. The molecule has 0 radical (unpaired) electrons. The SMILES string of the molecule is C\C=C/N=C(C)/C(C)=C/C=C(\C)c1ccc(C(C)CC)c(P)c1F. The molecule has 0 amide bonds. The Balaban J connectivity index is 3.16. The average molecular weight is 345 g/mol. The van der Waals surface area contributed by atoms with Crippen molar-refractivity contribution in [2.45, 2.75) is 53.9 Å². The van der Waals surface area contributed by atoms with Crippen molar-refractivity contribution in [3.63, 3.8) is 0 Å². The van der Waals surface area contributed by atoms with Crippen molar-refractivity contribution in [3.05, 3.63) is 59.1 Å². The third-order valence-corrected chi connectivity index (χ3v) is 4.94. The Bertz CT molecular complexity index is 696. The first-order valence-corrected chi connectivity index (χ1v) is 9.00. The zero-order chi connectivity index (χ0) is 18.3. The zero-order valence-corrected chi connectivity index (χ0v) is 16.8. The first-order chi connectivity index (χ1) is 11.3. The van der Waals surface area contributed by atoms with Gasteiger partial charge in [-0.05, 0) is 56.7 Å². The lowest BCUT2D eigenvalue weighted by Crippen LogP contribution is -2.12. The fourth-order valence-corrected chi connectivity index (χ4v) is 2.85. The first-order valence-electron chi connectivity index (χ1n) is 8.42. The summed E-state index contributed by atoms with van der Waals surface area (Å²) < 4.78 is 14.7. The fourth-order valence-electron chi connectivity index (χ4n) is 2.31. The van der Waals surface area contributed by atoms with Crippen LogP contribution in [0.1, 0.15) is 65.0 Å². The van der Waals surface area contributed by atoms with Gasteiger partial charge < -0.3 is 0 Å². The van der Waals surface area contributed by atoms with Crippen molar-refractivity contribution in [2.75, 3.05) is 0 Å². The highest BCUT2D eigenvalue weighted by Crippen LogP contribution is 2.25.